The molecule has 1 aliphatic heterocycles. The second-order valence-electron chi connectivity index (χ2n) is 7.38. The molecule has 0 bridgehead atoms. The van der Waals surface area contributed by atoms with Crippen molar-refractivity contribution in [2.75, 3.05) is 13.2 Å². The Balaban J connectivity index is 2.87. The lowest BCUT2D eigenvalue weighted by Crippen LogP contribution is -2.58. The van der Waals surface area contributed by atoms with E-state index in [0.717, 1.165) is 0 Å². The number of amides is 4. The SMILES string of the molecule is CC(=O)NC(C(=O)NC(C)N(C(C)=O)C(CO)CC1CCNC1=O)C(C)C. The van der Waals surface area contributed by atoms with Crippen LogP contribution in [-0.2, 0) is 19.2 Å². The van der Waals surface area contributed by atoms with E-state index in [1.165, 1.54) is 18.7 Å². The van der Waals surface area contributed by atoms with Crippen molar-refractivity contribution in [1.29, 1.82) is 0 Å². The number of carbonyl (C=O) groups excluding carboxylic acids is 4. The zero-order valence-corrected chi connectivity index (χ0v) is 16.7. The van der Waals surface area contributed by atoms with Gasteiger partial charge in [-0.1, -0.05) is 13.8 Å². The van der Waals surface area contributed by atoms with Crippen LogP contribution < -0.4 is 16.0 Å². The Morgan fingerprint density at radius 1 is 1.22 bits per heavy atom. The average Bonchev–Trinajstić information content (AvgIpc) is 2.95. The van der Waals surface area contributed by atoms with Gasteiger partial charge in [-0.3, -0.25) is 19.2 Å². The summed E-state index contributed by atoms with van der Waals surface area (Å²) in [4.78, 5) is 49.3. The molecule has 0 saturated carbocycles. The fraction of sp³-hybridized carbons (Fsp3) is 0.778. The summed E-state index contributed by atoms with van der Waals surface area (Å²) in [7, 11) is 0. The van der Waals surface area contributed by atoms with E-state index in [9.17, 15) is 24.3 Å². The van der Waals surface area contributed by atoms with E-state index in [-0.39, 0.29) is 36.2 Å². The highest BCUT2D eigenvalue weighted by Gasteiger charge is 2.34. The molecule has 1 aliphatic rings. The van der Waals surface area contributed by atoms with Gasteiger partial charge in [0.15, 0.2) is 0 Å². The molecule has 4 unspecified atom stereocenters. The molecule has 9 nitrogen and oxygen atoms in total. The van der Waals surface area contributed by atoms with Crippen LogP contribution in [0.25, 0.3) is 0 Å². The van der Waals surface area contributed by atoms with Crippen LogP contribution in [-0.4, -0.2) is 65.0 Å². The summed E-state index contributed by atoms with van der Waals surface area (Å²) >= 11 is 0. The molecule has 1 saturated heterocycles. The van der Waals surface area contributed by atoms with Gasteiger partial charge in [0.05, 0.1) is 12.6 Å². The molecular formula is C18H32N4O5. The van der Waals surface area contributed by atoms with Crippen LogP contribution in [0, 0.1) is 11.8 Å². The number of aliphatic hydroxyl groups is 1. The summed E-state index contributed by atoms with van der Waals surface area (Å²) < 4.78 is 0. The second-order valence-corrected chi connectivity index (χ2v) is 7.38. The number of hydrogen-bond donors (Lipinski definition) is 4. The molecule has 4 atom stereocenters. The summed E-state index contributed by atoms with van der Waals surface area (Å²) in [6, 6.07) is -1.32. The number of rotatable bonds is 9. The maximum absolute atomic E-state index is 12.6. The van der Waals surface area contributed by atoms with Crippen LogP contribution in [0.1, 0.15) is 47.5 Å². The quantitative estimate of drug-likeness (QED) is 0.393. The van der Waals surface area contributed by atoms with Crippen LogP contribution >= 0.6 is 0 Å². The predicted octanol–water partition coefficient (Wildman–Crippen LogP) is -0.655. The van der Waals surface area contributed by atoms with Gasteiger partial charge in [0, 0.05) is 26.3 Å². The molecule has 1 fully saturated rings. The molecule has 154 valence electrons. The first kappa shape index (κ1) is 22.9. The minimum Gasteiger partial charge on any atom is -0.394 e. The van der Waals surface area contributed by atoms with Crippen LogP contribution in [0.3, 0.4) is 0 Å². The van der Waals surface area contributed by atoms with E-state index in [1.54, 1.807) is 6.92 Å². The van der Waals surface area contributed by atoms with Crippen molar-refractivity contribution in [2.45, 2.75) is 65.7 Å². The van der Waals surface area contributed by atoms with Crippen LogP contribution in [0.15, 0.2) is 0 Å². The topological polar surface area (TPSA) is 128 Å². The van der Waals surface area contributed by atoms with Gasteiger partial charge < -0.3 is 26.0 Å². The molecule has 0 aromatic rings. The van der Waals surface area contributed by atoms with Gasteiger partial charge in [-0.25, -0.2) is 0 Å². The summed E-state index contributed by atoms with van der Waals surface area (Å²) in [5, 5.41) is 17.9. The van der Waals surface area contributed by atoms with Gasteiger partial charge in [-0.05, 0) is 25.7 Å². The Hall–Kier alpha value is -2.16. The highest BCUT2D eigenvalue weighted by atomic mass is 16.3. The van der Waals surface area contributed by atoms with Gasteiger partial charge in [0.2, 0.25) is 23.6 Å². The minimum atomic E-state index is -0.730. The Morgan fingerprint density at radius 2 is 1.85 bits per heavy atom. The number of nitrogens with zero attached hydrogens (tertiary/aromatic N) is 1. The fourth-order valence-electron chi connectivity index (χ4n) is 3.44. The van der Waals surface area contributed by atoms with Crippen LogP contribution in [0.2, 0.25) is 0 Å². The van der Waals surface area contributed by atoms with Crippen molar-refractivity contribution in [1.82, 2.24) is 20.9 Å². The first-order valence-electron chi connectivity index (χ1n) is 9.33. The van der Waals surface area contributed by atoms with E-state index in [1.807, 2.05) is 13.8 Å². The molecule has 4 amide bonds. The summed E-state index contributed by atoms with van der Waals surface area (Å²) in [5.41, 5.74) is 0. The number of carbonyl (C=O) groups is 4. The molecule has 27 heavy (non-hydrogen) atoms. The molecule has 0 aromatic carbocycles. The van der Waals surface area contributed by atoms with Gasteiger partial charge in [0.1, 0.15) is 12.2 Å². The van der Waals surface area contributed by atoms with E-state index in [4.69, 9.17) is 0 Å². The smallest absolute Gasteiger partial charge is 0.244 e. The molecule has 1 heterocycles. The predicted molar refractivity (Wildman–Crippen MR) is 99.2 cm³/mol. The number of nitrogens with one attached hydrogen (secondary N) is 3. The third-order valence-electron chi connectivity index (χ3n) is 4.76. The lowest BCUT2D eigenvalue weighted by Gasteiger charge is -2.37. The fourth-order valence-corrected chi connectivity index (χ4v) is 3.44. The van der Waals surface area contributed by atoms with Crippen LogP contribution in [0.4, 0.5) is 0 Å². The highest BCUT2D eigenvalue weighted by molar-refractivity contribution is 5.87. The molecule has 1 rings (SSSR count). The Bertz CT molecular complexity index is 566. The molecule has 0 radical (unpaired) electrons. The largest absolute Gasteiger partial charge is 0.394 e. The van der Waals surface area contributed by atoms with Crippen molar-refractivity contribution in [2.24, 2.45) is 11.8 Å². The number of hydrogen-bond acceptors (Lipinski definition) is 5. The van der Waals surface area contributed by atoms with E-state index in [2.05, 4.69) is 16.0 Å². The van der Waals surface area contributed by atoms with Crippen molar-refractivity contribution in [3.8, 4) is 0 Å². The lowest BCUT2D eigenvalue weighted by atomic mass is 9.97. The zero-order valence-electron chi connectivity index (χ0n) is 16.7. The van der Waals surface area contributed by atoms with E-state index in [0.29, 0.717) is 19.4 Å². The van der Waals surface area contributed by atoms with Crippen molar-refractivity contribution < 1.29 is 24.3 Å². The number of aliphatic hydroxyl groups excluding tert-OH is 1. The van der Waals surface area contributed by atoms with Crippen molar-refractivity contribution in [3.63, 3.8) is 0 Å². The zero-order chi connectivity index (χ0) is 20.7. The monoisotopic (exact) mass is 384 g/mol. The summed E-state index contributed by atoms with van der Waals surface area (Å²) in [6.07, 6.45) is 0.271. The minimum absolute atomic E-state index is 0.0841. The lowest BCUT2D eigenvalue weighted by molar-refractivity contribution is -0.140. The van der Waals surface area contributed by atoms with Gasteiger partial charge in [-0.2, -0.15) is 0 Å². The standard InChI is InChI=1S/C18H32N4O5/c1-10(2)16(21-12(4)24)18(27)20-11(3)22(13(5)25)15(9-23)8-14-6-7-19-17(14)26/h10-11,14-16,23H,6-9H2,1-5H3,(H,19,26)(H,20,27)(H,21,24). The van der Waals surface area contributed by atoms with Gasteiger partial charge in [-0.15, -0.1) is 0 Å². The normalized spacial score (nSPS) is 19.8. The third kappa shape index (κ3) is 6.50. The highest BCUT2D eigenvalue weighted by Crippen LogP contribution is 2.20. The third-order valence-corrected chi connectivity index (χ3v) is 4.76. The molecule has 4 N–H and O–H groups in total. The van der Waals surface area contributed by atoms with E-state index < -0.39 is 24.2 Å². The summed E-state index contributed by atoms with van der Waals surface area (Å²) in [5.74, 6) is -1.54. The molecular weight excluding hydrogens is 352 g/mol. The maximum Gasteiger partial charge on any atom is 0.244 e. The first-order valence-corrected chi connectivity index (χ1v) is 9.33. The van der Waals surface area contributed by atoms with Gasteiger partial charge >= 0.3 is 0 Å². The molecule has 9 heteroatoms. The first-order chi connectivity index (χ1) is 12.6. The second kappa shape index (κ2) is 10.2. The molecule has 0 aromatic heterocycles. The maximum atomic E-state index is 12.6. The Kier molecular flexibility index (Phi) is 8.68. The Labute approximate surface area is 160 Å². The molecule has 0 aliphatic carbocycles. The van der Waals surface area contributed by atoms with Crippen molar-refractivity contribution >= 4 is 23.6 Å². The van der Waals surface area contributed by atoms with E-state index >= 15 is 0 Å². The van der Waals surface area contributed by atoms with Crippen LogP contribution in [0.5, 0.6) is 0 Å². The average molecular weight is 384 g/mol. The Morgan fingerprint density at radius 3 is 2.26 bits per heavy atom. The molecule has 0 spiro atoms. The van der Waals surface area contributed by atoms with Crippen molar-refractivity contribution in [3.05, 3.63) is 0 Å². The van der Waals surface area contributed by atoms with Gasteiger partial charge in [0.25, 0.3) is 0 Å². The summed E-state index contributed by atoms with van der Waals surface area (Å²) in [6.45, 7) is 8.22.